The number of hydrogen-bond acceptors (Lipinski definition) is 2. The minimum absolute atomic E-state index is 0.151. The van der Waals surface area contributed by atoms with Crippen LogP contribution in [0.4, 0.5) is 65.9 Å². The highest BCUT2D eigenvalue weighted by Crippen LogP contribution is 2.29. The second-order valence-electron chi connectivity index (χ2n) is 8.88. The van der Waals surface area contributed by atoms with Gasteiger partial charge in [0.25, 0.3) is 0 Å². The lowest BCUT2D eigenvalue weighted by Gasteiger charge is -2.39. The maximum Gasteiger partial charge on any atom is 0.302 e. The molecule has 5 aromatic rings. The number of nitrogens with zero attached hydrogens (tertiary/aromatic N) is 2. The van der Waals surface area contributed by atoms with Gasteiger partial charge in [0, 0.05) is 4.37 Å². The van der Waals surface area contributed by atoms with Crippen molar-refractivity contribution < 1.29 is 69.7 Å². The lowest BCUT2D eigenvalue weighted by Crippen LogP contribution is -2.87. The third kappa shape index (κ3) is 3.98. The van der Waals surface area contributed by atoms with Crippen LogP contribution in [0.3, 0.4) is 0 Å². The summed E-state index contributed by atoms with van der Waals surface area (Å²) in [6, 6.07) is 2.90. The first kappa shape index (κ1) is 31.6. The van der Waals surface area contributed by atoms with E-state index in [9.17, 15) is 39.5 Å². The molecule has 1 heterocycles. The Morgan fingerprint density at radius 2 is 0.773 bits per heavy atom. The molecule has 0 aliphatic heterocycles. The molecule has 0 radical (unpaired) electrons. The van der Waals surface area contributed by atoms with E-state index >= 15 is 26.3 Å². The van der Waals surface area contributed by atoms with Gasteiger partial charge in [-0.2, -0.15) is 0 Å². The largest absolute Gasteiger partial charge is 0.352 e. The Balaban J connectivity index is 2.30. The molecular weight excluding hydrogens is 724 g/mol. The molecule has 0 bridgehead atoms. The zero-order valence-corrected chi connectivity index (χ0v) is 22.6. The van der Waals surface area contributed by atoms with Crippen LogP contribution in [0, 0.1) is 87.3 Å². The molecular formula is C24H3BBrF15N2S. The zero-order chi connectivity index (χ0) is 32.7. The molecule has 5 rings (SSSR count). The third-order valence-corrected chi connectivity index (χ3v) is 8.35. The lowest BCUT2D eigenvalue weighted by molar-refractivity contribution is -0.429. The van der Waals surface area contributed by atoms with Gasteiger partial charge in [0.1, 0.15) is 40.4 Å². The molecule has 0 aliphatic carbocycles. The number of benzene rings is 4. The quantitative estimate of drug-likeness (QED) is 0.0970. The smallest absolute Gasteiger partial charge is 0.302 e. The molecule has 0 unspecified atom stereocenters. The number of rotatable bonds is 4. The number of aromatic nitrogens is 2. The summed E-state index contributed by atoms with van der Waals surface area (Å²) < 4.78 is 228. The zero-order valence-electron chi connectivity index (χ0n) is 20.2. The summed E-state index contributed by atoms with van der Waals surface area (Å²) in [5.41, 5.74) is -9.59. The average Bonchev–Trinajstić information content (AvgIpc) is 3.44. The van der Waals surface area contributed by atoms with E-state index in [4.69, 9.17) is 0 Å². The highest BCUT2D eigenvalue weighted by atomic mass is 79.9. The summed E-state index contributed by atoms with van der Waals surface area (Å²) in [6.07, 6.45) is -5.95. The Kier molecular flexibility index (Phi) is 7.67. The molecule has 4 aromatic carbocycles. The molecule has 1 aromatic heterocycles. The first-order valence-corrected chi connectivity index (χ1v) is 12.7. The predicted octanol–water partition coefficient (Wildman–Crippen LogP) is 5.95. The monoisotopic (exact) mass is 726 g/mol. The van der Waals surface area contributed by atoms with Crippen molar-refractivity contribution in [1.82, 2.24) is 4.37 Å². The van der Waals surface area contributed by atoms with Crippen molar-refractivity contribution >= 4 is 61.4 Å². The Morgan fingerprint density at radius 1 is 0.477 bits per heavy atom. The average molecular weight is 727 g/mol. The van der Waals surface area contributed by atoms with Crippen molar-refractivity contribution in [3.05, 3.63) is 110 Å². The molecule has 0 fully saturated rings. The van der Waals surface area contributed by atoms with Crippen LogP contribution in [0.15, 0.2) is 22.7 Å². The highest BCUT2D eigenvalue weighted by Gasteiger charge is 2.55. The minimum Gasteiger partial charge on any atom is -0.352 e. The van der Waals surface area contributed by atoms with Crippen molar-refractivity contribution in [1.29, 1.82) is 0 Å². The van der Waals surface area contributed by atoms with Crippen molar-refractivity contribution in [3.8, 4) is 0 Å². The molecule has 0 spiro atoms. The second kappa shape index (κ2) is 10.7. The minimum atomic E-state index is -5.95. The molecule has 2 nitrogen and oxygen atoms in total. The molecule has 0 saturated carbocycles. The first-order chi connectivity index (χ1) is 20.5. The standard InChI is InChI=1S/C24H3BBrF15N2S/c26-4-2-1-3-5-24(4)42-44-43(5)25(6-9(27)15(33)21(39)16(34)10(6)28,7-11(29)17(35)22(40)18(36)12(7)30)8-13(31)19(37)23(41)20(38)14(8)32/h1-3H. The summed E-state index contributed by atoms with van der Waals surface area (Å²) in [5, 5.41) is 0. The number of halogens is 16. The molecule has 0 aliphatic rings. The van der Waals surface area contributed by atoms with Gasteiger partial charge < -0.3 is 3.87 Å². The fourth-order valence-electron chi connectivity index (χ4n) is 4.93. The van der Waals surface area contributed by atoms with E-state index in [2.05, 4.69) is 20.3 Å². The van der Waals surface area contributed by atoms with Gasteiger partial charge >= 0.3 is 6.28 Å². The SMILES string of the molecule is Fc1c(F)c(F)c([B-](c2c(F)c(F)c(F)c(F)c2F)(c2c(F)c(F)c(F)c(F)c2F)[n+]2snc3c(Br)cccc32)c(F)c1F. The van der Waals surface area contributed by atoms with Crippen LogP contribution >= 0.6 is 27.7 Å². The van der Waals surface area contributed by atoms with E-state index in [1.807, 2.05) is 0 Å². The van der Waals surface area contributed by atoms with Crippen LogP contribution in [0.25, 0.3) is 11.0 Å². The Bertz CT molecular complexity index is 1810. The van der Waals surface area contributed by atoms with Gasteiger partial charge in [-0.15, -0.1) is 0 Å². The Morgan fingerprint density at radius 3 is 1.09 bits per heavy atom. The van der Waals surface area contributed by atoms with Gasteiger partial charge in [-0.3, -0.25) is 0 Å². The van der Waals surface area contributed by atoms with E-state index in [-0.39, 0.29) is 20.1 Å². The van der Waals surface area contributed by atoms with Crippen LogP contribution in [0.5, 0.6) is 0 Å². The molecule has 0 N–H and O–H groups in total. The summed E-state index contributed by atoms with van der Waals surface area (Å²) in [6.45, 7) is 0. The van der Waals surface area contributed by atoms with E-state index in [1.54, 1.807) is 0 Å². The Hall–Kier alpha value is -3.81. The van der Waals surface area contributed by atoms with Crippen LogP contribution in [-0.4, -0.2) is 10.7 Å². The van der Waals surface area contributed by atoms with Crippen molar-refractivity contribution in [2.24, 2.45) is 0 Å². The molecule has 44 heavy (non-hydrogen) atoms. The number of fused-ring (bicyclic) bond motifs is 1. The molecule has 0 amide bonds. The van der Waals surface area contributed by atoms with E-state index in [0.717, 1.165) is 18.2 Å². The molecule has 0 atom stereocenters. The molecule has 230 valence electrons. The summed E-state index contributed by atoms with van der Waals surface area (Å²) in [4.78, 5) is 0. The summed E-state index contributed by atoms with van der Waals surface area (Å²) in [5.74, 6) is -46.1. The van der Waals surface area contributed by atoms with Gasteiger partial charge in [0.15, 0.2) is 52.4 Å². The van der Waals surface area contributed by atoms with Gasteiger partial charge in [0.2, 0.25) is 17.2 Å². The van der Waals surface area contributed by atoms with E-state index in [1.165, 1.54) is 0 Å². The topological polar surface area (TPSA) is 16.8 Å². The van der Waals surface area contributed by atoms with Gasteiger partial charge in [-0.1, -0.05) is 22.5 Å². The van der Waals surface area contributed by atoms with Gasteiger partial charge in [-0.05, 0) is 28.1 Å². The lowest BCUT2D eigenvalue weighted by atomic mass is 9.23. The highest BCUT2D eigenvalue weighted by molar-refractivity contribution is 9.10. The fourth-order valence-corrected chi connectivity index (χ4v) is 6.55. The second-order valence-corrected chi connectivity index (χ2v) is 10.5. The first-order valence-electron chi connectivity index (χ1n) is 11.2. The number of hydrogen-bond donors (Lipinski definition) is 0. The van der Waals surface area contributed by atoms with Crippen molar-refractivity contribution in [3.63, 3.8) is 0 Å². The maximum absolute atomic E-state index is 15.7. The van der Waals surface area contributed by atoms with E-state index in [0.29, 0.717) is 0 Å². The predicted molar refractivity (Wildman–Crippen MR) is 126 cm³/mol. The van der Waals surface area contributed by atoms with Crippen molar-refractivity contribution in [2.75, 3.05) is 0 Å². The van der Waals surface area contributed by atoms with Gasteiger partial charge in [0.05, 0.1) is 4.47 Å². The van der Waals surface area contributed by atoms with Crippen LogP contribution in [0.1, 0.15) is 0 Å². The fraction of sp³-hybridized carbons (Fsp3) is 0. The van der Waals surface area contributed by atoms with Crippen LogP contribution in [-0.2, 0) is 0 Å². The normalized spacial score (nSPS) is 12.1. The maximum atomic E-state index is 15.7. The van der Waals surface area contributed by atoms with E-state index < -0.39 is 121 Å². The van der Waals surface area contributed by atoms with Crippen molar-refractivity contribution in [2.45, 2.75) is 0 Å². The summed E-state index contributed by atoms with van der Waals surface area (Å²) in [7, 11) is 0. The third-order valence-electron chi connectivity index (χ3n) is 6.76. The molecule has 0 saturated heterocycles. The summed E-state index contributed by atoms with van der Waals surface area (Å²) >= 11 is 2.53. The van der Waals surface area contributed by atoms with Crippen LogP contribution < -0.4 is 20.3 Å². The van der Waals surface area contributed by atoms with Crippen LogP contribution in [0.2, 0.25) is 0 Å². The Labute approximate surface area is 245 Å². The molecule has 20 heteroatoms. The van der Waals surface area contributed by atoms with Gasteiger partial charge in [-0.25, -0.2) is 65.9 Å².